The fourth-order valence-electron chi connectivity index (χ4n) is 2.22. The minimum atomic E-state index is 0.689. The molecule has 2 atom stereocenters. The van der Waals surface area contributed by atoms with Gasteiger partial charge in [-0.05, 0) is 25.7 Å². The molecule has 1 saturated heterocycles. The molecule has 2 aliphatic rings. The number of piperazine rings is 1. The Kier molecular flexibility index (Phi) is 2.14. The molecule has 2 fully saturated rings. The Bertz CT molecular complexity index is 130. The lowest BCUT2D eigenvalue weighted by Crippen LogP contribution is -2.58. The van der Waals surface area contributed by atoms with Gasteiger partial charge in [-0.25, -0.2) is 0 Å². The minimum absolute atomic E-state index is 0.689. The molecule has 0 aromatic rings. The van der Waals surface area contributed by atoms with Crippen molar-refractivity contribution in [1.29, 1.82) is 0 Å². The lowest BCUT2D eigenvalue weighted by atomic mass is 9.77. The second kappa shape index (κ2) is 3.11. The van der Waals surface area contributed by atoms with Gasteiger partial charge in [0.25, 0.3) is 0 Å². The summed E-state index contributed by atoms with van der Waals surface area (Å²) in [6.45, 7) is 4.60. The zero-order valence-corrected chi connectivity index (χ0v) is 7.27. The molecule has 2 nitrogen and oxygen atoms in total. The first-order chi connectivity index (χ1) is 5.38. The third-order valence-corrected chi connectivity index (χ3v) is 3.17. The first-order valence-corrected chi connectivity index (χ1v) is 4.84. The van der Waals surface area contributed by atoms with E-state index in [-0.39, 0.29) is 0 Å². The second-order valence-corrected chi connectivity index (χ2v) is 3.91. The largest absolute Gasteiger partial charge is 0.311 e. The van der Waals surface area contributed by atoms with Crippen molar-refractivity contribution in [1.82, 2.24) is 10.6 Å². The van der Waals surface area contributed by atoms with Crippen LogP contribution in [-0.4, -0.2) is 25.2 Å². The number of nitrogens with one attached hydrogen (secondary N) is 2. The minimum Gasteiger partial charge on any atom is -0.311 e. The van der Waals surface area contributed by atoms with Crippen LogP contribution in [0.25, 0.3) is 0 Å². The van der Waals surface area contributed by atoms with Gasteiger partial charge in [0.05, 0.1) is 0 Å². The van der Waals surface area contributed by atoms with Crippen molar-refractivity contribution < 1.29 is 0 Å². The van der Waals surface area contributed by atoms with E-state index in [9.17, 15) is 0 Å². The van der Waals surface area contributed by atoms with Gasteiger partial charge in [0, 0.05) is 25.2 Å². The van der Waals surface area contributed by atoms with Crippen molar-refractivity contribution in [3.05, 3.63) is 0 Å². The molecule has 0 spiro atoms. The zero-order chi connectivity index (χ0) is 7.68. The third kappa shape index (κ3) is 1.42. The zero-order valence-electron chi connectivity index (χ0n) is 7.27. The molecule has 2 heteroatoms. The highest BCUT2D eigenvalue weighted by Crippen LogP contribution is 2.31. The Morgan fingerprint density at radius 1 is 1.09 bits per heavy atom. The van der Waals surface area contributed by atoms with Gasteiger partial charge in [-0.15, -0.1) is 0 Å². The highest BCUT2D eigenvalue weighted by Gasteiger charge is 2.31. The van der Waals surface area contributed by atoms with Crippen LogP contribution in [0, 0.1) is 5.92 Å². The average molecular weight is 154 g/mol. The molecular formula is C9H18N2. The Balaban J connectivity index is 1.88. The molecular weight excluding hydrogens is 136 g/mol. The maximum atomic E-state index is 3.61. The van der Waals surface area contributed by atoms with E-state index in [1.807, 2.05) is 0 Å². The van der Waals surface area contributed by atoms with Gasteiger partial charge in [-0.3, -0.25) is 0 Å². The fraction of sp³-hybridized carbons (Fsp3) is 1.00. The summed E-state index contributed by atoms with van der Waals surface area (Å²) in [5.74, 6) is 0.970. The topological polar surface area (TPSA) is 24.1 Å². The van der Waals surface area contributed by atoms with Gasteiger partial charge in [-0.2, -0.15) is 0 Å². The predicted molar refractivity (Wildman–Crippen MR) is 46.6 cm³/mol. The average Bonchev–Trinajstić information content (AvgIpc) is 1.90. The van der Waals surface area contributed by atoms with Gasteiger partial charge in [0.15, 0.2) is 0 Å². The molecule has 2 rings (SSSR count). The van der Waals surface area contributed by atoms with Crippen LogP contribution in [0.1, 0.15) is 26.2 Å². The Hall–Kier alpha value is -0.0800. The summed E-state index contributed by atoms with van der Waals surface area (Å²) in [7, 11) is 0. The van der Waals surface area contributed by atoms with Crippen LogP contribution in [0.5, 0.6) is 0 Å². The molecule has 1 aliphatic carbocycles. The Morgan fingerprint density at radius 2 is 1.82 bits per heavy atom. The Morgan fingerprint density at radius 3 is 2.36 bits per heavy atom. The normalized spacial score (nSPS) is 40.1. The highest BCUT2D eigenvalue weighted by atomic mass is 15.1. The van der Waals surface area contributed by atoms with Crippen molar-refractivity contribution >= 4 is 0 Å². The third-order valence-electron chi connectivity index (χ3n) is 3.17. The van der Waals surface area contributed by atoms with Crippen LogP contribution in [-0.2, 0) is 0 Å². The lowest BCUT2D eigenvalue weighted by Gasteiger charge is -2.41. The van der Waals surface area contributed by atoms with Crippen LogP contribution in [0.2, 0.25) is 0 Å². The molecule has 11 heavy (non-hydrogen) atoms. The standard InChI is InChI=1S/C9H18N2/c1-7-9(8-3-2-4-8)11-6-5-10-7/h7-11H,2-6H2,1H3. The van der Waals surface area contributed by atoms with Gasteiger partial charge in [0.1, 0.15) is 0 Å². The summed E-state index contributed by atoms with van der Waals surface area (Å²) >= 11 is 0. The summed E-state index contributed by atoms with van der Waals surface area (Å²) < 4.78 is 0. The van der Waals surface area contributed by atoms with Crippen molar-refractivity contribution in [2.24, 2.45) is 5.92 Å². The van der Waals surface area contributed by atoms with E-state index in [0.29, 0.717) is 6.04 Å². The van der Waals surface area contributed by atoms with E-state index in [4.69, 9.17) is 0 Å². The summed E-state index contributed by atoms with van der Waals surface area (Å²) in [5.41, 5.74) is 0. The van der Waals surface area contributed by atoms with Crippen molar-refractivity contribution in [3.63, 3.8) is 0 Å². The van der Waals surface area contributed by atoms with Crippen molar-refractivity contribution in [2.75, 3.05) is 13.1 Å². The van der Waals surface area contributed by atoms with E-state index in [2.05, 4.69) is 17.6 Å². The van der Waals surface area contributed by atoms with Crippen LogP contribution in [0.15, 0.2) is 0 Å². The molecule has 1 saturated carbocycles. The Labute approximate surface area is 68.7 Å². The van der Waals surface area contributed by atoms with Crippen LogP contribution < -0.4 is 10.6 Å². The molecule has 64 valence electrons. The van der Waals surface area contributed by atoms with Crippen LogP contribution >= 0.6 is 0 Å². The van der Waals surface area contributed by atoms with Crippen LogP contribution in [0.4, 0.5) is 0 Å². The van der Waals surface area contributed by atoms with Crippen molar-refractivity contribution in [2.45, 2.75) is 38.3 Å². The highest BCUT2D eigenvalue weighted by molar-refractivity contribution is 4.91. The van der Waals surface area contributed by atoms with Gasteiger partial charge in [0.2, 0.25) is 0 Å². The summed E-state index contributed by atoms with van der Waals surface area (Å²) in [6, 6.07) is 1.45. The van der Waals surface area contributed by atoms with E-state index >= 15 is 0 Å². The van der Waals surface area contributed by atoms with Gasteiger partial charge < -0.3 is 10.6 Å². The fourth-order valence-corrected chi connectivity index (χ4v) is 2.22. The number of hydrogen-bond acceptors (Lipinski definition) is 2. The molecule has 2 unspecified atom stereocenters. The molecule has 1 heterocycles. The quantitative estimate of drug-likeness (QED) is 0.582. The van der Waals surface area contributed by atoms with E-state index in [1.165, 1.54) is 19.3 Å². The van der Waals surface area contributed by atoms with E-state index in [0.717, 1.165) is 25.0 Å². The van der Waals surface area contributed by atoms with Crippen LogP contribution in [0.3, 0.4) is 0 Å². The maximum absolute atomic E-state index is 3.61. The van der Waals surface area contributed by atoms with Gasteiger partial charge >= 0.3 is 0 Å². The molecule has 2 N–H and O–H groups in total. The first kappa shape index (κ1) is 7.56. The van der Waals surface area contributed by atoms with Crippen molar-refractivity contribution in [3.8, 4) is 0 Å². The van der Waals surface area contributed by atoms with Gasteiger partial charge in [-0.1, -0.05) is 6.42 Å². The lowest BCUT2D eigenvalue weighted by molar-refractivity contribution is 0.176. The monoisotopic (exact) mass is 154 g/mol. The number of hydrogen-bond donors (Lipinski definition) is 2. The number of rotatable bonds is 1. The summed E-state index contributed by atoms with van der Waals surface area (Å²) in [6.07, 6.45) is 4.35. The molecule has 0 bridgehead atoms. The summed E-state index contributed by atoms with van der Waals surface area (Å²) in [4.78, 5) is 0. The first-order valence-electron chi connectivity index (χ1n) is 4.84. The molecule has 0 radical (unpaired) electrons. The summed E-state index contributed by atoms with van der Waals surface area (Å²) in [5, 5.41) is 7.13. The maximum Gasteiger partial charge on any atom is 0.0247 e. The SMILES string of the molecule is CC1NCCNC1C1CCC1. The molecule has 0 amide bonds. The molecule has 1 aliphatic heterocycles. The molecule has 0 aromatic carbocycles. The van der Waals surface area contributed by atoms with E-state index in [1.54, 1.807) is 0 Å². The van der Waals surface area contributed by atoms with E-state index < -0.39 is 0 Å². The second-order valence-electron chi connectivity index (χ2n) is 3.91. The smallest absolute Gasteiger partial charge is 0.0247 e. The predicted octanol–water partition coefficient (Wildman–Crippen LogP) is 0.736. The molecule has 0 aromatic heterocycles.